The maximum atomic E-state index is 10.6. The van der Waals surface area contributed by atoms with Crippen molar-refractivity contribution in [2.45, 2.75) is 13.3 Å². The minimum Gasteiger partial charge on any atom is -0.493 e. The van der Waals surface area contributed by atoms with Gasteiger partial charge in [-0.05, 0) is 30.7 Å². The molecule has 0 aliphatic carbocycles. The molecule has 0 amide bonds. The second-order valence-corrected chi connectivity index (χ2v) is 4.00. The van der Waals surface area contributed by atoms with Crippen LogP contribution in [-0.2, 0) is 6.42 Å². The Morgan fingerprint density at radius 1 is 1.44 bits per heavy atom. The summed E-state index contributed by atoms with van der Waals surface area (Å²) in [4.78, 5) is 10.6. The number of carbonyl (C=O) groups is 1. The van der Waals surface area contributed by atoms with Gasteiger partial charge in [-0.3, -0.25) is 5.10 Å². The van der Waals surface area contributed by atoms with E-state index in [-0.39, 0.29) is 5.69 Å². The second-order valence-electron chi connectivity index (χ2n) is 4.00. The number of aryl methyl sites for hydroxylation is 1. The SMILES string of the molecule is Cc1cccc(OCCc2cc(C(=O)O)n[nH]2)c1. The van der Waals surface area contributed by atoms with Crippen LogP contribution in [0.15, 0.2) is 30.3 Å². The van der Waals surface area contributed by atoms with Crippen LogP contribution in [0.3, 0.4) is 0 Å². The molecule has 1 aromatic carbocycles. The lowest BCUT2D eigenvalue weighted by atomic mass is 10.2. The molecule has 5 heteroatoms. The number of H-pyrrole nitrogens is 1. The zero-order chi connectivity index (χ0) is 13.0. The van der Waals surface area contributed by atoms with Crippen molar-refractivity contribution in [3.63, 3.8) is 0 Å². The van der Waals surface area contributed by atoms with E-state index < -0.39 is 5.97 Å². The van der Waals surface area contributed by atoms with E-state index in [1.165, 1.54) is 6.07 Å². The Balaban J connectivity index is 1.86. The first kappa shape index (κ1) is 12.2. The number of carboxylic acid groups (broad SMARTS) is 1. The van der Waals surface area contributed by atoms with Gasteiger partial charge in [-0.2, -0.15) is 5.10 Å². The van der Waals surface area contributed by atoms with Crippen LogP contribution in [0.4, 0.5) is 0 Å². The number of hydrogen-bond donors (Lipinski definition) is 2. The average Bonchev–Trinajstić information content (AvgIpc) is 2.78. The Morgan fingerprint density at radius 2 is 2.28 bits per heavy atom. The molecule has 2 N–H and O–H groups in total. The molecule has 0 spiro atoms. The smallest absolute Gasteiger partial charge is 0.356 e. The lowest BCUT2D eigenvalue weighted by Crippen LogP contribution is -2.01. The molecule has 0 saturated heterocycles. The lowest BCUT2D eigenvalue weighted by Gasteiger charge is -2.05. The fourth-order valence-corrected chi connectivity index (χ4v) is 1.58. The van der Waals surface area contributed by atoms with E-state index in [2.05, 4.69) is 10.2 Å². The van der Waals surface area contributed by atoms with Gasteiger partial charge in [0.1, 0.15) is 5.75 Å². The van der Waals surface area contributed by atoms with Gasteiger partial charge in [0.05, 0.1) is 6.61 Å². The van der Waals surface area contributed by atoms with E-state index in [0.717, 1.165) is 17.0 Å². The number of nitrogens with zero attached hydrogens (tertiary/aromatic N) is 1. The third-order valence-electron chi connectivity index (χ3n) is 2.48. The standard InChI is InChI=1S/C13H14N2O3/c1-9-3-2-4-11(7-9)18-6-5-10-8-12(13(16)17)15-14-10/h2-4,7-8H,5-6H2,1H3,(H,14,15)(H,16,17). The topological polar surface area (TPSA) is 75.2 Å². The molecule has 0 radical (unpaired) electrons. The van der Waals surface area contributed by atoms with Crippen molar-refractivity contribution < 1.29 is 14.6 Å². The molecule has 2 aromatic rings. The number of nitrogens with one attached hydrogen (secondary N) is 1. The van der Waals surface area contributed by atoms with E-state index in [9.17, 15) is 4.79 Å². The molecule has 1 aromatic heterocycles. The largest absolute Gasteiger partial charge is 0.493 e. The average molecular weight is 246 g/mol. The quantitative estimate of drug-likeness (QED) is 0.846. The first-order valence-electron chi connectivity index (χ1n) is 5.62. The van der Waals surface area contributed by atoms with Crippen LogP contribution < -0.4 is 4.74 Å². The van der Waals surface area contributed by atoms with Crippen molar-refractivity contribution in [2.75, 3.05) is 6.61 Å². The van der Waals surface area contributed by atoms with Crippen LogP contribution in [0.2, 0.25) is 0 Å². The van der Waals surface area contributed by atoms with E-state index in [4.69, 9.17) is 9.84 Å². The molecule has 0 aliphatic heterocycles. The van der Waals surface area contributed by atoms with Gasteiger partial charge in [0.2, 0.25) is 0 Å². The van der Waals surface area contributed by atoms with E-state index in [1.54, 1.807) is 0 Å². The molecular formula is C13H14N2O3. The van der Waals surface area contributed by atoms with Gasteiger partial charge in [-0.15, -0.1) is 0 Å². The molecule has 2 rings (SSSR count). The number of rotatable bonds is 5. The van der Waals surface area contributed by atoms with E-state index >= 15 is 0 Å². The third-order valence-corrected chi connectivity index (χ3v) is 2.48. The first-order chi connectivity index (χ1) is 8.65. The predicted octanol–water partition coefficient (Wildman–Crippen LogP) is 2.04. The molecule has 18 heavy (non-hydrogen) atoms. The molecule has 5 nitrogen and oxygen atoms in total. The van der Waals surface area contributed by atoms with Gasteiger partial charge in [-0.1, -0.05) is 12.1 Å². The van der Waals surface area contributed by atoms with Crippen molar-refractivity contribution in [1.29, 1.82) is 0 Å². The normalized spacial score (nSPS) is 10.3. The van der Waals surface area contributed by atoms with Gasteiger partial charge in [-0.25, -0.2) is 4.79 Å². The maximum Gasteiger partial charge on any atom is 0.356 e. The van der Waals surface area contributed by atoms with E-state index in [0.29, 0.717) is 13.0 Å². The molecule has 1 heterocycles. The summed E-state index contributed by atoms with van der Waals surface area (Å²) in [5.74, 6) is -0.218. The van der Waals surface area contributed by atoms with Gasteiger partial charge in [0.25, 0.3) is 0 Å². The monoisotopic (exact) mass is 246 g/mol. The molecule has 94 valence electrons. The van der Waals surface area contributed by atoms with E-state index in [1.807, 2.05) is 31.2 Å². The third kappa shape index (κ3) is 3.10. The van der Waals surface area contributed by atoms with Crippen molar-refractivity contribution in [2.24, 2.45) is 0 Å². The minimum absolute atomic E-state index is 0.0283. The van der Waals surface area contributed by atoms with Crippen LogP contribution in [0.1, 0.15) is 21.7 Å². The van der Waals surface area contributed by atoms with Crippen molar-refractivity contribution in [1.82, 2.24) is 10.2 Å². The molecule has 0 atom stereocenters. The summed E-state index contributed by atoms with van der Waals surface area (Å²) in [6, 6.07) is 9.30. The summed E-state index contributed by atoms with van der Waals surface area (Å²) in [6.45, 7) is 2.48. The van der Waals surface area contributed by atoms with Crippen LogP contribution in [0.5, 0.6) is 5.75 Å². The van der Waals surface area contributed by atoms with Crippen LogP contribution in [-0.4, -0.2) is 27.9 Å². The number of carboxylic acids is 1. The highest BCUT2D eigenvalue weighted by molar-refractivity contribution is 5.85. The summed E-state index contributed by atoms with van der Waals surface area (Å²) >= 11 is 0. The molecule has 0 bridgehead atoms. The molecule has 0 aliphatic rings. The summed E-state index contributed by atoms with van der Waals surface area (Å²) in [6.07, 6.45) is 0.591. The van der Waals surface area contributed by atoms with Gasteiger partial charge >= 0.3 is 5.97 Å². The highest BCUT2D eigenvalue weighted by Crippen LogP contribution is 2.12. The van der Waals surface area contributed by atoms with Crippen molar-refractivity contribution >= 4 is 5.97 Å². The van der Waals surface area contributed by atoms with Crippen LogP contribution in [0, 0.1) is 6.92 Å². The molecular weight excluding hydrogens is 232 g/mol. The Labute approximate surface area is 104 Å². The zero-order valence-electron chi connectivity index (χ0n) is 10.0. The van der Waals surface area contributed by atoms with Crippen molar-refractivity contribution in [3.05, 3.63) is 47.3 Å². The molecule has 0 fully saturated rings. The van der Waals surface area contributed by atoms with Crippen molar-refractivity contribution in [3.8, 4) is 5.75 Å². The first-order valence-corrected chi connectivity index (χ1v) is 5.62. The Kier molecular flexibility index (Phi) is 3.62. The number of aromatic nitrogens is 2. The number of benzene rings is 1. The Hall–Kier alpha value is -2.30. The fraction of sp³-hybridized carbons (Fsp3) is 0.231. The second kappa shape index (κ2) is 5.35. The van der Waals surface area contributed by atoms with Gasteiger partial charge in [0, 0.05) is 12.1 Å². The number of ether oxygens (including phenoxy) is 1. The Bertz CT molecular complexity index is 549. The highest BCUT2D eigenvalue weighted by atomic mass is 16.5. The zero-order valence-corrected chi connectivity index (χ0v) is 10.0. The fourth-order valence-electron chi connectivity index (χ4n) is 1.58. The van der Waals surface area contributed by atoms with Crippen LogP contribution >= 0.6 is 0 Å². The summed E-state index contributed by atoms with van der Waals surface area (Å²) in [7, 11) is 0. The number of aromatic carboxylic acids is 1. The van der Waals surface area contributed by atoms with Crippen LogP contribution in [0.25, 0.3) is 0 Å². The lowest BCUT2D eigenvalue weighted by molar-refractivity contribution is 0.0690. The molecule has 0 saturated carbocycles. The summed E-state index contributed by atoms with van der Waals surface area (Å²) < 4.78 is 5.57. The predicted molar refractivity (Wildman–Crippen MR) is 65.9 cm³/mol. The number of aromatic amines is 1. The Morgan fingerprint density at radius 3 is 2.94 bits per heavy atom. The van der Waals surface area contributed by atoms with Gasteiger partial charge in [0.15, 0.2) is 5.69 Å². The summed E-state index contributed by atoms with van der Waals surface area (Å²) in [5, 5.41) is 15.1. The minimum atomic E-state index is -1.03. The molecule has 0 unspecified atom stereocenters. The maximum absolute atomic E-state index is 10.6. The highest BCUT2D eigenvalue weighted by Gasteiger charge is 2.07. The number of hydrogen-bond acceptors (Lipinski definition) is 3. The van der Waals surface area contributed by atoms with Gasteiger partial charge < -0.3 is 9.84 Å². The summed E-state index contributed by atoms with van der Waals surface area (Å²) in [5.41, 5.74) is 1.92.